The molecule has 1 saturated heterocycles. The van der Waals surface area contributed by atoms with Gasteiger partial charge in [-0.15, -0.1) is 0 Å². The Bertz CT molecular complexity index is 491. The van der Waals surface area contributed by atoms with Crippen molar-refractivity contribution in [1.29, 1.82) is 0 Å². The molecule has 0 aromatic heterocycles. The Morgan fingerprint density at radius 1 is 1.23 bits per heavy atom. The molecule has 4 nitrogen and oxygen atoms in total. The zero-order valence-electron chi connectivity index (χ0n) is 12.6. The van der Waals surface area contributed by atoms with E-state index in [4.69, 9.17) is 27.9 Å². The molecule has 1 heterocycles. The number of ether oxygens (including phenoxy) is 1. The number of hydrogen-bond donors (Lipinski definition) is 1. The topological polar surface area (TPSA) is 41.6 Å². The summed E-state index contributed by atoms with van der Waals surface area (Å²) in [5.74, 6) is 0.0769. The molecule has 0 aliphatic carbocycles. The normalized spacial score (nSPS) is 15.7. The zero-order chi connectivity index (χ0) is 15.8. The molecule has 0 bridgehead atoms. The molecule has 0 radical (unpaired) electrons. The van der Waals surface area contributed by atoms with Gasteiger partial charge in [-0.2, -0.15) is 0 Å². The molecule has 1 N–H and O–H groups in total. The van der Waals surface area contributed by atoms with Gasteiger partial charge in [0.15, 0.2) is 0 Å². The standard InChI is InChI=1S/C16H22Cl2N2O2/c17-14-4-2-13(12-15(14)18)3-5-16(21)19-6-1-7-20-8-10-22-11-9-20/h2,4,12H,1,3,5-11H2,(H,19,21). The van der Waals surface area contributed by atoms with E-state index in [1.54, 1.807) is 6.07 Å². The summed E-state index contributed by atoms with van der Waals surface area (Å²) in [5.41, 5.74) is 1.03. The number of rotatable bonds is 7. The maximum atomic E-state index is 11.8. The van der Waals surface area contributed by atoms with Crippen molar-refractivity contribution < 1.29 is 9.53 Å². The van der Waals surface area contributed by atoms with Crippen molar-refractivity contribution >= 4 is 29.1 Å². The lowest BCUT2D eigenvalue weighted by Crippen LogP contribution is -2.38. The van der Waals surface area contributed by atoms with Gasteiger partial charge in [-0.3, -0.25) is 9.69 Å². The van der Waals surface area contributed by atoms with Gasteiger partial charge in [-0.1, -0.05) is 29.3 Å². The molecule has 2 rings (SSSR count). The minimum Gasteiger partial charge on any atom is -0.379 e. The minimum atomic E-state index is 0.0769. The monoisotopic (exact) mass is 344 g/mol. The first kappa shape index (κ1) is 17.5. The molecule has 0 saturated carbocycles. The molecule has 1 aromatic carbocycles. The number of hydrogen-bond acceptors (Lipinski definition) is 3. The fourth-order valence-corrected chi connectivity index (χ4v) is 2.72. The Labute approximate surface area is 141 Å². The second kappa shape index (κ2) is 9.36. The molecular formula is C16H22Cl2N2O2. The van der Waals surface area contributed by atoms with Crippen LogP contribution in [-0.2, 0) is 16.0 Å². The molecular weight excluding hydrogens is 323 g/mol. The van der Waals surface area contributed by atoms with E-state index in [-0.39, 0.29) is 5.91 Å². The SMILES string of the molecule is O=C(CCc1ccc(Cl)c(Cl)c1)NCCCN1CCOCC1. The van der Waals surface area contributed by atoms with E-state index in [1.165, 1.54) is 0 Å². The van der Waals surface area contributed by atoms with Crippen LogP contribution in [-0.4, -0.2) is 50.2 Å². The number of morpholine rings is 1. The summed E-state index contributed by atoms with van der Waals surface area (Å²) < 4.78 is 5.30. The molecule has 0 spiro atoms. The van der Waals surface area contributed by atoms with Crippen molar-refractivity contribution in [2.45, 2.75) is 19.3 Å². The molecule has 1 aliphatic heterocycles. The zero-order valence-corrected chi connectivity index (χ0v) is 14.1. The highest BCUT2D eigenvalue weighted by Gasteiger charge is 2.09. The minimum absolute atomic E-state index is 0.0769. The van der Waals surface area contributed by atoms with Crippen molar-refractivity contribution in [2.24, 2.45) is 0 Å². The van der Waals surface area contributed by atoms with E-state index in [2.05, 4.69) is 10.2 Å². The van der Waals surface area contributed by atoms with Gasteiger partial charge in [0.25, 0.3) is 0 Å². The number of aryl methyl sites for hydroxylation is 1. The van der Waals surface area contributed by atoms with Crippen molar-refractivity contribution in [1.82, 2.24) is 10.2 Å². The van der Waals surface area contributed by atoms with E-state index >= 15 is 0 Å². The molecule has 0 unspecified atom stereocenters. The third-order valence-corrected chi connectivity index (χ3v) is 4.44. The Hall–Kier alpha value is -0.810. The van der Waals surface area contributed by atoms with Crippen LogP contribution >= 0.6 is 23.2 Å². The van der Waals surface area contributed by atoms with Gasteiger partial charge < -0.3 is 10.1 Å². The number of nitrogens with zero attached hydrogens (tertiary/aromatic N) is 1. The smallest absolute Gasteiger partial charge is 0.220 e. The van der Waals surface area contributed by atoms with Gasteiger partial charge in [0.05, 0.1) is 23.3 Å². The number of halogens is 2. The summed E-state index contributed by atoms with van der Waals surface area (Å²) in [5, 5.41) is 4.03. The van der Waals surface area contributed by atoms with Crippen LogP contribution in [0.5, 0.6) is 0 Å². The highest BCUT2D eigenvalue weighted by Crippen LogP contribution is 2.23. The van der Waals surface area contributed by atoms with Crippen molar-refractivity contribution in [3.8, 4) is 0 Å². The van der Waals surface area contributed by atoms with Crippen molar-refractivity contribution in [2.75, 3.05) is 39.4 Å². The molecule has 1 fully saturated rings. The number of carbonyl (C=O) groups excluding carboxylic acids is 1. The lowest BCUT2D eigenvalue weighted by molar-refractivity contribution is -0.121. The number of amides is 1. The summed E-state index contributed by atoms with van der Waals surface area (Å²) in [6.45, 7) is 5.34. The third-order valence-electron chi connectivity index (χ3n) is 3.70. The first-order chi connectivity index (χ1) is 10.6. The molecule has 122 valence electrons. The molecule has 1 aromatic rings. The van der Waals surface area contributed by atoms with Gasteiger partial charge in [-0.25, -0.2) is 0 Å². The Morgan fingerprint density at radius 2 is 2.00 bits per heavy atom. The average molecular weight is 345 g/mol. The summed E-state index contributed by atoms with van der Waals surface area (Å²) in [7, 11) is 0. The fourth-order valence-electron chi connectivity index (χ4n) is 2.40. The second-order valence-corrected chi connectivity index (χ2v) is 6.22. The maximum absolute atomic E-state index is 11.8. The van der Waals surface area contributed by atoms with Crippen LogP contribution in [0.2, 0.25) is 10.0 Å². The largest absolute Gasteiger partial charge is 0.379 e. The van der Waals surface area contributed by atoms with Gasteiger partial charge in [0.1, 0.15) is 0 Å². The predicted molar refractivity (Wildman–Crippen MR) is 89.7 cm³/mol. The molecule has 0 atom stereocenters. The van der Waals surface area contributed by atoms with Crippen LogP contribution in [0.3, 0.4) is 0 Å². The summed E-state index contributed by atoms with van der Waals surface area (Å²) in [6, 6.07) is 5.48. The van der Waals surface area contributed by atoms with Crippen LogP contribution < -0.4 is 5.32 Å². The number of benzene rings is 1. The molecule has 22 heavy (non-hydrogen) atoms. The van der Waals surface area contributed by atoms with E-state index in [9.17, 15) is 4.79 Å². The van der Waals surface area contributed by atoms with Crippen molar-refractivity contribution in [3.63, 3.8) is 0 Å². The van der Waals surface area contributed by atoms with E-state index in [1.807, 2.05) is 12.1 Å². The summed E-state index contributed by atoms with van der Waals surface area (Å²) in [6.07, 6.45) is 2.11. The summed E-state index contributed by atoms with van der Waals surface area (Å²) >= 11 is 11.8. The van der Waals surface area contributed by atoms with Gasteiger partial charge in [0, 0.05) is 26.1 Å². The van der Waals surface area contributed by atoms with Gasteiger partial charge >= 0.3 is 0 Å². The highest BCUT2D eigenvalue weighted by atomic mass is 35.5. The van der Waals surface area contributed by atoms with Crippen LogP contribution in [0.25, 0.3) is 0 Å². The highest BCUT2D eigenvalue weighted by molar-refractivity contribution is 6.42. The van der Waals surface area contributed by atoms with Gasteiger partial charge in [0.2, 0.25) is 5.91 Å². The quantitative estimate of drug-likeness (QED) is 0.773. The van der Waals surface area contributed by atoms with E-state index in [0.29, 0.717) is 22.9 Å². The van der Waals surface area contributed by atoms with Crippen molar-refractivity contribution in [3.05, 3.63) is 33.8 Å². The molecule has 6 heteroatoms. The lowest BCUT2D eigenvalue weighted by atomic mass is 10.1. The Morgan fingerprint density at radius 3 is 2.73 bits per heavy atom. The maximum Gasteiger partial charge on any atom is 0.220 e. The first-order valence-electron chi connectivity index (χ1n) is 7.66. The van der Waals surface area contributed by atoms with Crippen LogP contribution in [0.4, 0.5) is 0 Å². The van der Waals surface area contributed by atoms with Gasteiger partial charge in [-0.05, 0) is 37.1 Å². The Kier molecular flexibility index (Phi) is 7.46. The van der Waals surface area contributed by atoms with Crippen LogP contribution in [0.1, 0.15) is 18.4 Å². The lowest BCUT2D eigenvalue weighted by Gasteiger charge is -2.26. The fraction of sp³-hybridized carbons (Fsp3) is 0.562. The second-order valence-electron chi connectivity index (χ2n) is 5.41. The first-order valence-corrected chi connectivity index (χ1v) is 8.41. The summed E-state index contributed by atoms with van der Waals surface area (Å²) in [4.78, 5) is 14.2. The van der Waals surface area contributed by atoms with Crippen LogP contribution in [0.15, 0.2) is 18.2 Å². The predicted octanol–water partition coefficient (Wildman–Crippen LogP) is 2.76. The van der Waals surface area contributed by atoms with E-state index in [0.717, 1.165) is 51.4 Å². The third kappa shape index (κ3) is 6.13. The molecule has 1 aliphatic rings. The number of nitrogens with one attached hydrogen (secondary N) is 1. The average Bonchev–Trinajstić information content (AvgIpc) is 2.54. The van der Waals surface area contributed by atoms with Crippen LogP contribution in [0, 0.1) is 0 Å². The van der Waals surface area contributed by atoms with E-state index < -0.39 is 0 Å². The Balaban J connectivity index is 1.58. The number of carbonyl (C=O) groups is 1. The molecule has 1 amide bonds.